The van der Waals surface area contributed by atoms with Crippen molar-refractivity contribution in [2.24, 2.45) is 0 Å². The van der Waals surface area contributed by atoms with Crippen molar-refractivity contribution < 1.29 is 13.7 Å². The van der Waals surface area contributed by atoms with Gasteiger partial charge in [-0.2, -0.15) is 0 Å². The Kier molecular flexibility index (Phi) is 5.83. The van der Waals surface area contributed by atoms with E-state index in [1.54, 1.807) is 0 Å². The molecule has 6 heteroatoms. The lowest BCUT2D eigenvalue weighted by Crippen LogP contribution is -2.25. The SMILES string of the molecule is Cc1[nH]c2c(C(=O)Nc3cccc(CS(=O)C4CCOCC4)c3)cccc2c1C. The molecule has 5 nitrogen and oxygen atoms in total. The molecule has 2 N–H and O–H groups in total. The predicted octanol–water partition coefficient (Wildman–Crippen LogP) is 4.46. The van der Waals surface area contributed by atoms with Gasteiger partial charge in [0.2, 0.25) is 0 Å². The first-order chi connectivity index (χ1) is 14.0. The molecule has 1 saturated heterocycles. The maximum Gasteiger partial charge on any atom is 0.257 e. The Morgan fingerprint density at radius 3 is 2.72 bits per heavy atom. The Balaban J connectivity index is 1.50. The summed E-state index contributed by atoms with van der Waals surface area (Å²) in [4.78, 5) is 16.2. The van der Waals surface area contributed by atoms with E-state index in [0.29, 0.717) is 30.2 Å². The van der Waals surface area contributed by atoms with Crippen molar-refractivity contribution in [1.82, 2.24) is 4.98 Å². The fraction of sp³-hybridized carbons (Fsp3) is 0.348. The summed E-state index contributed by atoms with van der Waals surface area (Å²) in [6.45, 7) is 5.45. The number of rotatable bonds is 5. The Morgan fingerprint density at radius 2 is 1.93 bits per heavy atom. The molecule has 0 spiro atoms. The van der Waals surface area contributed by atoms with E-state index in [4.69, 9.17) is 4.74 Å². The minimum Gasteiger partial charge on any atom is -0.381 e. The maximum atomic E-state index is 12.9. The quantitative estimate of drug-likeness (QED) is 0.652. The predicted molar refractivity (Wildman–Crippen MR) is 118 cm³/mol. The van der Waals surface area contributed by atoms with E-state index >= 15 is 0 Å². The third-order valence-corrected chi connectivity index (χ3v) is 7.45. The Bertz CT molecular complexity index is 1070. The summed E-state index contributed by atoms with van der Waals surface area (Å²) in [5.41, 5.74) is 5.39. The normalized spacial score (nSPS) is 16.1. The van der Waals surface area contributed by atoms with Crippen LogP contribution in [-0.4, -0.2) is 33.6 Å². The highest BCUT2D eigenvalue weighted by atomic mass is 32.2. The molecule has 2 aromatic carbocycles. The molecule has 0 bridgehead atoms. The largest absolute Gasteiger partial charge is 0.381 e. The Morgan fingerprint density at radius 1 is 1.17 bits per heavy atom. The van der Waals surface area contributed by atoms with Crippen LogP contribution < -0.4 is 5.32 Å². The lowest BCUT2D eigenvalue weighted by molar-refractivity contribution is 0.0991. The number of hydrogen-bond acceptors (Lipinski definition) is 3. The van der Waals surface area contributed by atoms with Crippen molar-refractivity contribution >= 4 is 33.3 Å². The fourth-order valence-electron chi connectivity index (χ4n) is 3.83. The molecule has 3 aromatic rings. The number of H-pyrrole nitrogens is 1. The molecule has 2 heterocycles. The van der Waals surface area contributed by atoms with E-state index in [1.807, 2.05) is 49.4 Å². The van der Waals surface area contributed by atoms with E-state index in [2.05, 4.69) is 17.2 Å². The molecule has 1 atom stereocenters. The Hall–Kier alpha value is -2.44. The number of aryl methyl sites for hydroxylation is 2. The van der Waals surface area contributed by atoms with Crippen LogP contribution in [0.2, 0.25) is 0 Å². The monoisotopic (exact) mass is 410 g/mol. The standard InChI is InChI=1S/C23H26N2O3S/c1-15-16(2)24-22-20(15)7-4-8-21(22)23(26)25-18-6-3-5-17(13-18)14-29(27)19-9-11-28-12-10-19/h3-8,13,19,24H,9-12,14H2,1-2H3,(H,25,26). The molecule has 1 aliphatic rings. The smallest absolute Gasteiger partial charge is 0.257 e. The number of ether oxygens (including phenoxy) is 1. The number of para-hydroxylation sites is 1. The number of aromatic amines is 1. The fourth-order valence-corrected chi connectivity index (χ4v) is 5.29. The molecule has 152 valence electrons. The van der Waals surface area contributed by atoms with Crippen LogP contribution >= 0.6 is 0 Å². The van der Waals surface area contributed by atoms with E-state index in [0.717, 1.165) is 40.6 Å². The van der Waals surface area contributed by atoms with Gasteiger partial charge in [-0.25, -0.2) is 0 Å². The topological polar surface area (TPSA) is 71.2 Å². The van der Waals surface area contributed by atoms with Gasteiger partial charge >= 0.3 is 0 Å². The summed E-state index contributed by atoms with van der Waals surface area (Å²) in [5, 5.41) is 4.25. The van der Waals surface area contributed by atoms with Crippen LogP contribution in [0.3, 0.4) is 0 Å². The van der Waals surface area contributed by atoms with Crippen molar-refractivity contribution in [2.75, 3.05) is 18.5 Å². The number of nitrogens with one attached hydrogen (secondary N) is 2. The van der Waals surface area contributed by atoms with Crippen LogP contribution in [0.5, 0.6) is 0 Å². The van der Waals surface area contributed by atoms with Crippen molar-refractivity contribution in [3.05, 3.63) is 64.8 Å². The molecule has 1 aromatic heterocycles. The number of anilines is 1. The molecule has 1 amide bonds. The summed E-state index contributed by atoms with van der Waals surface area (Å²) >= 11 is 0. The number of amides is 1. The van der Waals surface area contributed by atoms with Gasteiger partial charge in [0.1, 0.15) is 0 Å². The van der Waals surface area contributed by atoms with E-state index in [-0.39, 0.29) is 11.2 Å². The zero-order valence-corrected chi connectivity index (χ0v) is 17.6. The van der Waals surface area contributed by atoms with Crippen molar-refractivity contribution in [1.29, 1.82) is 0 Å². The minimum absolute atomic E-state index is 0.153. The van der Waals surface area contributed by atoms with Crippen LogP contribution in [0.1, 0.15) is 40.0 Å². The maximum absolute atomic E-state index is 12.9. The lowest BCUT2D eigenvalue weighted by atomic mass is 10.1. The van der Waals surface area contributed by atoms with Crippen molar-refractivity contribution in [3.63, 3.8) is 0 Å². The van der Waals surface area contributed by atoms with Gasteiger partial charge in [0.15, 0.2) is 0 Å². The van der Waals surface area contributed by atoms with Gasteiger partial charge in [0.25, 0.3) is 5.91 Å². The van der Waals surface area contributed by atoms with Crippen LogP contribution in [0.25, 0.3) is 10.9 Å². The van der Waals surface area contributed by atoms with Gasteiger partial charge < -0.3 is 15.0 Å². The first-order valence-electron chi connectivity index (χ1n) is 9.96. The zero-order chi connectivity index (χ0) is 20.4. The van der Waals surface area contributed by atoms with E-state index in [1.165, 1.54) is 0 Å². The van der Waals surface area contributed by atoms with Crippen LogP contribution in [0.4, 0.5) is 5.69 Å². The molecule has 1 fully saturated rings. The highest BCUT2D eigenvalue weighted by Gasteiger charge is 2.20. The molecule has 1 unspecified atom stereocenters. The second-order valence-electron chi connectivity index (χ2n) is 7.59. The number of carbonyl (C=O) groups excluding carboxylic acids is 1. The van der Waals surface area contributed by atoms with Crippen LogP contribution in [-0.2, 0) is 21.3 Å². The summed E-state index contributed by atoms with van der Waals surface area (Å²) < 4.78 is 18.0. The summed E-state index contributed by atoms with van der Waals surface area (Å²) in [6, 6.07) is 13.4. The molecular weight excluding hydrogens is 384 g/mol. The summed E-state index contributed by atoms with van der Waals surface area (Å²) in [6.07, 6.45) is 1.70. The third-order valence-electron chi connectivity index (χ3n) is 5.62. The van der Waals surface area contributed by atoms with Gasteiger partial charge in [-0.1, -0.05) is 24.3 Å². The molecule has 4 rings (SSSR count). The van der Waals surface area contributed by atoms with Gasteiger partial charge in [0.05, 0.1) is 11.1 Å². The Labute approximate surface area is 173 Å². The van der Waals surface area contributed by atoms with Crippen molar-refractivity contribution in [2.45, 2.75) is 37.7 Å². The number of fused-ring (bicyclic) bond motifs is 1. The molecule has 29 heavy (non-hydrogen) atoms. The second-order valence-corrected chi connectivity index (χ2v) is 9.31. The average molecular weight is 411 g/mol. The molecular formula is C23H26N2O3S. The molecule has 0 saturated carbocycles. The van der Waals surface area contributed by atoms with E-state index in [9.17, 15) is 9.00 Å². The van der Waals surface area contributed by atoms with E-state index < -0.39 is 10.8 Å². The summed E-state index contributed by atoms with van der Waals surface area (Å²) in [7, 11) is -0.931. The number of hydrogen-bond donors (Lipinski definition) is 2. The second kappa shape index (κ2) is 8.51. The minimum atomic E-state index is -0.931. The van der Waals surface area contributed by atoms with Crippen LogP contribution in [0.15, 0.2) is 42.5 Å². The van der Waals surface area contributed by atoms with Gasteiger partial charge in [-0.3, -0.25) is 9.00 Å². The first kappa shape index (κ1) is 19.9. The van der Waals surface area contributed by atoms with Gasteiger partial charge in [-0.15, -0.1) is 0 Å². The van der Waals surface area contributed by atoms with Gasteiger partial charge in [-0.05, 0) is 56.0 Å². The lowest BCUT2D eigenvalue weighted by Gasteiger charge is -2.21. The average Bonchev–Trinajstić information content (AvgIpc) is 3.03. The number of carbonyl (C=O) groups is 1. The van der Waals surface area contributed by atoms with Crippen molar-refractivity contribution in [3.8, 4) is 0 Å². The summed E-state index contributed by atoms with van der Waals surface area (Å²) in [5.74, 6) is 0.346. The van der Waals surface area contributed by atoms with Crippen LogP contribution in [0, 0.1) is 13.8 Å². The molecule has 0 radical (unpaired) electrons. The number of aromatic nitrogens is 1. The first-order valence-corrected chi connectivity index (χ1v) is 11.3. The number of benzene rings is 2. The highest BCUT2D eigenvalue weighted by molar-refractivity contribution is 7.84. The molecule has 1 aliphatic heterocycles. The van der Waals surface area contributed by atoms with Gasteiger partial charge in [0, 0.05) is 51.8 Å². The third kappa shape index (κ3) is 4.28. The zero-order valence-electron chi connectivity index (χ0n) is 16.8. The molecule has 0 aliphatic carbocycles. The highest BCUT2D eigenvalue weighted by Crippen LogP contribution is 2.25.